The Labute approximate surface area is 173 Å². The summed E-state index contributed by atoms with van der Waals surface area (Å²) in [6.07, 6.45) is 0. The van der Waals surface area contributed by atoms with Crippen molar-refractivity contribution in [2.75, 3.05) is 13.2 Å². The minimum atomic E-state index is -1.17. The Hall–Kier alpha value is -3.69. The smallest absolute Gasteiger partial charge is 0.347 e. The van der Waals surface area contributed by atoms with E-state index in [0.29, 0.717) is 28.2 Å². The number of carboxylic acids is 1. The number of allylic oxidation sites excluding steroid dienone is 3. The van der Waals surface area contributed by atoms with Crippen molar-refractivity contribution in [2.24, 2.45) is 5.16 Å². The fraction of sp³-hybridized carbons (Fsp3) is 0.350. The third-order valence-corrected chi connectivity index (χ3v) is 4.48. The van der Waals surface area contributed by atoms with Gasteiger partial charge in [-0.05, 0) is 33.3 Å². The summed E-state index contributed by atoms with van der Waals surface area (Å²) < 4.78 is 4.77. The number of nitrogens with zero attached hydrogens (tertiary/aromatic N) is 2. The van der Waals surface area contributed by atoms with Crippen LogP contribution in [0.4, 0.5) is 5.69 Å². The number of benzene rings is 1. The van der Waals surface area contributed by atoms with E-state index >= 15 is 0 Å². The highest BCUT2D eigenvalue weighted by Crippen LogP contribution is 2.39. The third-order valence-electron chi connectivity index (χ3n) is 4.48. The molecule has 30 heavy (non-hydrogen) atoms. The number of esters is 1. The van der Waals surface area contributed by atoms with Crippen molar-refractivity contribution in [2.45, 2.75) is 33.6 Å². The van der Waals surface area contributed by atoms with Gasteiger partial charge in [-0.15, -0.1) is 0 Å². The van der Waals surface area contributed by atoms with Crippen LogP contribution in [0.25, 0.3) is 0 Å². The number of non-ortho nitro benzene ring substituents is 1. The minimum Gasteiger partial charge on any atom is -0.478 e. The Bertz CT molecular complexity index is 963. The van der Waals surface area contributed by atoms with Crippen LogP contribution in [0.2, 0.25) is 0 Å². The number of aliphatic carboxylic acids is 1. The maximum absolute atomic E-state index is 12.0. The van der Waals surface area contributed by atoms with Gasteiger partial charge in [-0.25, -0.2) is 9.59 Å². The summed E-state index contributed by atoms with van der Waals surface area (Å²) >= 11 is 0. The lowest BCUT2D eigenvalue weighted by molar-refractivity contribution is -0.384. The van der Waals surface area contributed by atoms with E-state index in [4.69, 9.17) is 9.57 Å². The molecule has 0 saturated heterocycles. The molecule has 2 N–H and O–H groups in total. The molecule has 2 rings (SSSR count). The summed E-state index contributed by atoms with van der Waals surface area (Å²) in [6, 6.07) is 5.80. The van der Waals surface area contributed by atoms with Crippen molar-refractivity contribution in [3.05, 3.63) is 62.5 Å². The molecular weight excluding hydrogens is 394 g/mol. The van der Waals surface area contributed by atoms with E-state index in [1.54, 1.807) is 33.8 Å². The SMILES string of the molecule is CCOC(=O)CO/N=C(/C)C1=C(C)NC(C)=C(C(=O)O)C1c1cccc([N+](=O)[O-])c1. The Morgan fingerprint density at radius 2 is 1.93 bits per heavy atom. The summed E-state index contributed by atoms with van der Waals surface area (Å²) in [5.74, 6) is -2.57. The number of nitrogens with one attached hydrogen (secondary N) is 1. The number of dihydropyridines is 1. The molecule has 0 bridgehead atoms. The first-order valence-electron chi connectivity index (χ1n) is 9.16. The molecule has 10 heteroatoms. The Kier molecular flexibility index (Phi) is 7.29. The topological polar surface area (TPSA) is 140 Å². The van der Waals surface area contributed by atoms with Gasteiger partial charge < -0.3 is 20.0 Å². The van der Waals surface area contributed by atoms with E-state index in [2.05, 4.69) is 10.5 Å². The van der Waals surface area contributed by atoms with Crippen LogP contribution in [-0.2, 0) is 19.2 Å². The predicted molar refractivity (Wildman–Crippen MR) is 108 cm³/mol. The second-order valence-electron chi connectivity index (χ2n) is 6.55. The molecular formula is C20H23N3O7. The van der Waals surface area contributed by atoms with Gasteiger partial charge in [0.1, 0.15) is 0 Å². The van der Waals surface area contributed by atoms with Crippen LogP contribution < -0.4 is 5.32 Å². The standard InChI is InChI=1S/C20H23N3O7/c1-5-29-16(24)10-30-22-13(4)17-11(2)21-12(3)18(20(25)26)19(17)14-7-6-8-15(9-14)23(27)28/h6-9,19,21H,5,10H2,1-4H3,(H,25,26)/b22-13-. The molecule has 1 heterocycles. The van der Waals surface area contributed by atoms with Crippen molar-refractivity contribution in [3.63, 3.8) is 0 Å². The van der Waals surface area contributed by atoms with E-state index in [1.807, 2.05) is 0 Å². The summed E-state index contributed by atoms with van der Waals surface area (Å²) in [5.41, 5.74) is 2.16. The van der Waals surface area contributed by atoms with Crippen LogP contribution in [0.3, 0.4) is 0 Å². The Balaban J connectivity index is 2.51. The zero-order chi connectivity index (χ0) is 22.4. The number of hydrogen-bond donors (Lipinski definition) is 2. The number of nitro benzene ring substituents is 1. The lowest BCUT2D eigenvalue weighted by Gasteiger charge is -2.30. The normalized spacial score (nSPS) is 16.8. The van der Waals surface area contributed by atoms with Crippen molar-refractivity contribution >= 4 is 23.3 Å². The van der Waals surface area contributed by atoms with E-state index in [-0.39, 0.29) is 17.9 Å². The molecule has 0 aliphatic carbocycles. The summed E-state index contributed by atoms with van der Waals surface area (Å²) in [4.78, 5) is 39.2. The number of carboxylic acid groups (broad SMARTS) is 1. The maximum atomic E-state index is 12.0. The van der Waals surface area contributed by atoms with Gasteiger partial charge in [-0.2, -0.15) is 0 Å². The molecule has 1 aromatic rings. The summed E-state index contributed by atoms with van der Waals surface area (Å²) in [5, 5.41) is 28.0. The van der Waals surface area contributed by atoms with Gasteiger partial charge in [0.2, 0.25) is 6.61 Å². The number of nitro groups is 1. The van der Waals surface area contributed by atoms with Gasteiger partial charge in [0.05, 0.1) is 22.8 Å². The summed E-state index contributed by atoms with van der Waals surface area (Å²) in [6.45, 7) is 6.45. The lowest BCUT2D eigenvalue weighted by Crippen LogP contribution is -2.30. The second-order valence-corrected chi connectivity index (χ2v) is 6.55. The van der Waals surface area contributed by atoms with Crippen LogP contribution in [0.1, 0.15) is 39.2 Å². The first-order valence-corrected chi connectivity index (χ1v) is 9.16. The Morgan fingerprint density at radius 3 is 2.53 bits per heavy atom. The quantitative estimate of drug-likeness (QED) is 0.285. The van der Waals surface area contributed by atoms with E-state index in [0.717, 1.165) is 0 Å². The highest BCUT2D eigenvalue weighted by atomic mass is 16.7. The Morgan fingerprint density at radius 1 is 1.27 bits per heavy atom. The second kappa shape index (κ2) is 9.68. The number of carbonyl (C=O) groups is 2. The van der Waals surface area contributed by atoms with Crippen molar-refractivity contribution in [3.8, 4) is 0 Å². The van der Waals surface area contributed by atoms with Crippen molar-refractivity contribution in [1.29, 1.82) is 0 Å². The van der Waals surface area contributed by atoms with Crippen LogP contribution in [0, 0.1) is 10.1 Å². The third kappa shape index (κ3) is 5.02. The first kappa shape index (κ1) is 22.6. The molecule has 0 saturated carbocycles. The fourth-order valence-electron chi connectivity index (χ4n) is 3.34. The number of rotatable bonds is 8. The molecule has 0 fully saturated rings. The van der Waals surface area contributed by atoms with E-state index in [1.165, 1.54) is 18.2 Å². The number of hydrogen-bond acceptors (Lipinski definition) is 8. The van der Waals surface area contributed by atoms with Crippen molar-refractivity contribution < 1.29 is 29.2 Å². The maximum Gasteiger partial charge on any atom is 0.347 e. The molecule has 1 unspecified atom stereocenters. The summed E-state index contributed by atoms with van der Waals surface area (Å²) in [7, 11) is 0. The molecule has 10 nitrogen and oxygen atoms in total. The molecule has 1 atom stereocenters. The molecule has 0 spiro atoms. The highest BCUT2D eigenvalue weighted by Gasteiger charge is 2.35. The zero-order valence-electron chi connectivity index (χ0n) is 17.1. The zero-order valence-corrected chi connectivity index (χ0v) is 17.1. The van der Waals surface area contributed by atoms with E-state index < -0.39 is 29.4 Å². The number of oxime groups is 1. The van der Waals surface area contributed by atoms with Gasteiger partial charge in [0.15, 0.2) is 0 Å². The van der Waals surface area contributed by atoms with E-state index in [9.17, 15) is 24.8 Å². The molecule has 160 valence electrons. The highest BCUT2D eigenvalue weighted by molar-refractivity contribution is 6.04. The lowest BCUT2D eigenvalue weighted by atomic mass is 9.78. The van der Waals surface area contributed by atoms with Crippen LogP contribution >= 0.6 is 0 Å². The molecule has 1 aliphatic rings. The number of ether oxygens (including phenoxy) is 1. The van der Waals surface area contributed by atoms with Crippen LogP contribution in [-0.4, -0.2) is 40.9 Å². The number of carbonyl (C=O) groups excluding carboxylic acids is 1. The van der Waals surface area contributed by atoms with Crippen LogP contribution in [0.15, 0.2) is 52.0 Å². The predicted octanol–water partition coefficient (Wildman–Crippen LogP) is 2.87. The minimum absolute atomic E-state index is 0.0380. The van der Waals surface area contributed by atoms with Gasteiger partial charge in [0.25, 0.3) is 5.69 Å². The van der Waals surface area contributed by atoms with Crippen molar-refractivity contribution in [1.82, 2.24) is 5.32 Å². The monoisotopic (exact) mass is 417 g/mol. The average Bonchev–Trinajstić information content (AvgIpc) is 2.67. The van der Waals surface area contributed by atoms with Gasteiger partial charge in [0, 0.05) is 35.0 Å². The largest absolute Gasteiger partial charge is 0.478 e. The fourth-order valence-corrected chi connectivity index (χ4v) is 3.34. The molecule has 0 aromatic heterocycles. The first-order chi connectivity index (χ1) is 14.2. The molecule has 0 radical (unpaired) electrons. The van der Waals surface area contributed by atoms with Gasteiger partial charge in [-0.1, -0.05) is 17.3 Å². The van der Waals surface area contributed by atoms with Gasteiger partial charge in [-0.3, -0.25) is 10.1 Å². The van der Waals surface area contributed by atoms with Crippen LogP contribution in [0.5, 0.6) is 0 Å². The molecule has 1 aromatic carbocycles. The molecule has 1 aliphatic heterocycles. The van der Waals surface area contributed by atoms with Gasteiger partial charge >= 0.3 is 11.9 Å². The average molecular weight is 417 g/mol. The molecule has 0 amide bonds.